The normalized spacial score (nSPS) is 25.3. The van der Waals surface area contributed by atoms with E-state index in [1.165, 1.54) is 13.8 Å². The van der Waals surface area contributed by atoms with Crippen LogP contribution in [0.3, 0.4) is 0 Å². The number of ether oxygens (including phenoxy) is 15. The summed E-state index contributed by atoms with van der Waals surface area (Å²) in [7, 11) is 0. The highest BCUT2D eigenvalue weighted by Gasteiger charge is 2.47. The van der Waals surface area contributed by atoms with Gasteiger partial charge in [-0.2, -0.15) is 0 Å². The standard InChI is InChI=1S/C65H120N8O31/c1-4-5-6-7-10-17-69-61(88)44(13-8-11-15-67-49(79)39-96-27-24-90-19-22-94-31-34-100-64-53(70-42(2)77)59(86)56(83)47(37-75)103-64)73-62(89)45(72-51(81)41-98-29-26-92-18-21-93-30-33-99-63-52(66)58(85)55(82)46(36-74)102-63)14-9-12-16-68-50(80)40-97-28-25-91-20-23-95-32-35-101-65-54(71-43(3)78)60(87)57(84)48(38-76)104-65/h44-48,52-60,63-65,74-76,82-87H,4-41,66H2,1-3H3,(H,67,79)(H,68,80)(H,69,88)(H,70,77)(H,71,78)(H,72,81)(H,73,89)/t44?,45?,46-,47-,48-,52-,53-,54-,55+,56+,57+,58-,59-,60-,63-,64-,65-/m1/s1. The van der Waals surface area contributed by atoms with Gasteiger partial charge in [-0.1, -0.05) is 32.6 Å². The fraction of sp³-hybridized carbons (Fsp3) is 0.892. The molecule has 0 bridgehead atoms. The molecule has 0 radical (unpaired) electrons. The SMILES string of the molecule is CCCCCCCNC(=O)C(CCCCNC(=O)COCCOCCOCCO[C@@H]1O[C@H](CO)[C@H](O)[C@H](O)[C@H]1NC(C)=O)NC(=O)C(CCCCNC(=O)COCCOCCOCCO[C@@H]1O[C@H](CO)[C@H](O)[C@H](O)[C@H]1NC(C)=O)NC(=O)COCCOCCOCCO[C@@H]1O[C@H](CO)[C@H](O)[C@H](O)[C@H]1N. The fourth-order valence-corrected chi connectivity index (χ4v) is 10.6. The Bertz CT molecular complexity index is 2320. The second-order valence-electron chi connectivity index (χ2n) is 24.7. The van der Waals surface area contributed by atoms with E-state index in [2.05, 4.69) is 44.1 Å². The van der Waals surface area contributed by atoms with Crippen LogP contribution in [-0.4, -0.2) is 370 Å². The van der Waals surface area contributed by atoms with Gasteiger partial charge in [0.2, 0.25) is 41.4 Å². The Morgan fingerprint density at radius 3 is 1.10 bits per heavy atom. The summed E-state index contributed by atoms with van der Waals surface area (Å²) in [6, 6.07) is -5.33. The van der Waals surface area contributed by atoms with Crippen LogP contribution < -0.4 is 43.0 Å². The van der Waals surface area contributed by atoms with Crippen LogP contribution >= 0.6 is 0 Å². The van der Waals surface area contributed by atoms with Gasteiger partial charge in [-0.15, -0.1) is 0 Å². The number of nitrogens with one attached hydrogen (secondary N) is 7. The van der Waals surface area contributed by atoms with Crippen LogP contribution in [0, 0.1) is 0 Å². The molecule has 3 aliphatic heterocycles. The molecule has 3 saturated heterocycles. The van der Waals surface area contributed by atoms with Gasteiger partial charge in [-0.25, -0.2) is 0 Å². The molecule has 7 amide bonds. The van der Waals surface area contributed by atoms with Crippen LogP contribution in [0.4, 0.5) is 0 Å². The minimum atomic E-state index is -1.44. The van der Waals surface area contributed by atoms with Crippen LogP contribution in [0.15, 0.2) is 0 Å². The van der Waals surface area contributed by atoms with Crippen molar-refractivity contribution in [1.82, 2.24) is 37.2 Å². The number of nitrogens with two attached hydrogens (primary N) is 1. The lowest BCUT2D eigenvalue weighted by Crippen LogP contribution is -2.64. The summed E-state index contributed by atoms with van der Waals surface area (Å²) in [5.74, 6) is -3.41. The second-order valence-corrected chi connectivity index (χ2v) is 24.7. The van der Waals surface area contributed by atoms with Gasteiger partial charge >= 0.3 is 0 Å². The summed E-state index contributed by atoms with van der Waals surface area (Å²) < 4.78 is 82.6. The highest BCUT2D eigenvalue weighted by molar-refractivity contribution is 5.92. The van der Waals surface area contributed by atoms with Crippen molar-refractivity contribution in [3.63, 3.8) is 0 Å². The largest absolute Gasteiger partial charge is 0.394 e. The maximum absolute atomic E-state index is 14.1. The van der Waals surface area contributed by atoms with Crippen molar-refractivity contribution < 1.29 is 151 Å². The van der Waals surface area contributed by atoms with Crippen molar-refractivity contribution in [3.8, 4) is 0 Å². The number of rotatable bonds is 61. The zero-order valence-corrected chi connectivity index (χ0v) is 60.3. The van der Waals surface area contributed by atoms with Crippen LogP contribution in [0.1, 0.15) is 91.4 Å². The molecule has 2 unspecified atom stereocenters. The molecule has 17 atom stereocenters. The van der Waals surface area contributed by atoms with E-state index in [1.54, 1.807) is 0 Å². The van der Waals surface area contributed by atoms with E-state index in [4.69, 9.17) is 76.8 Å². The highest BCUT2D eigenvalue weighted by atomic mass is 16.7. The number of hydrogen-bond donors (Lipinski definition) is 17. The molecule has 39 heteroatoms. The van der Waals surface area contributed by atoms with Crippen LogP contribution in [0.5, 0.6) is 0 Å². The van der Waals surface area contributed by atoms with Crippen molar-refractivity contribution >= 4 is 41.4 Å². The van der Waals surface area contributed by atoms with Gasteiger partial charge in [-0.3, -0.25) is 33.6 Å². The van der Waals surface area contributed by atoms with Gasteiger partial charge in [0, 0.05) is 33.5 Å². The van der Waals surface area contributed by atoms with Gasteiger partial charge < -0.3 is 160 Å². The molecule has 3 fully saturated rings. The monoisotopic (exact) mass is 1510 g/mol. The quantitative estimate of drug-likeness (QED) is 0.0252. The summed E-state index contributed by atoms with van der Waals surface area (Å²) in [6.45, 7) is 4.69. The average molecular weight is 1510 g/mol. The summed E-state index contributed by atoms with van der Waals surface area (Å²) in [4.78, 5) is 89.7. The first-order valence-electron chi connectivity index (χ1n) is 35.8. The van der Waals surface area contributed by atoms with Gasteiger partial charge in [0.25, 0.3) is 0 Å². The number of unbranched alkanes of at least 4 members (excludes halogenated alkanes) is 6. The van der Waals surface area contributed by atoms with Crippen molar-refractivity contribution in [2.45, 2.75) is 195 Å². The molecule has 3 heterocycles. The third-order valence-corrected chi connectivity index (χ3v) is 16.2. The smallest absolute Gasteiger partial charge is 0.246 e. The van der Waals surface area contributed by atoms with Crippen molar-refractivity contribution in [2.75, 3.05) is 178 Å². The lowest BCUT2D eigenvalue weighted by molar-refractivity contribution is -0.272. The van der Waals surface area contributed by atoms with E-state index in [1.807, 2.05) is 0 Å². The Labute approximate surface area is 606 Å². The minimum Gasteiger partial charge on any atom is -0.394 e. The highest BCUT2D eigenvalue weighted by Crippen LogP contribution is 2.25. The van der Waals surface area contributed by atoms with E-state index in [0.717, 1.165) is 32.1 Å². The van der Waals surface area contributed by atoms with Crippen LogP contribution in [0.2, 0.25) is 0 Å². The predicted molar refractivity (Wildman–Crippen MR) is 361 cm³/mol. The second kappa shape index (κ2) is 57.4. The molecule has 606 valence electrons. The summed E-state index contributed by atoms with van der Waals surface area (Å²) in [5, 5.41) is 109. The van der Waals surface area contributed by atoms with E-state index >= 15 is 0 Å². The molecule has 0 saturated carbocycles. The van der Waals surface area contributed by atoms with Crippen molar-refractivity contribution in [1.29, 1.82) is 0 Å². The molecular formula is C65H120N8O31. The van der Waals surface area contributed by atoms with Gasteiger partial charge in [0.05, 0.1) is 145 Å². The van der Waals surface area contributed by atoms with Crippen molar-refractivity contribution in [2.24, 2.45) is 5.73 Å². The summed E-state index contributed by atoms with van der Waals surface area (Å²) >= 11 is 0. The zero-order chi connectivity index (χ0) is 76.3. The third-order valence-electron chi connectivity index (χ3n) is 16.2. The first kappa shape index (κ1) is 93.5. The molecular weight excluding hydrogens is 1390 g/mol. The van der Waals surface area contributed by atoms with E-state index in [9.17, 15) is 79.5 Å². The zero-order valence-electron chi connectivity index (χ0n) is 60.3. The molecule has 3 aliphatic rings. The number of aliphatic hydroxyl groups excluding tert-OH is 9. The summed E-state index contributed by atoms with van der Waals surface area (Å²) in [6.07, 6.45) is -8.53. The molecule has 39 nitrogen and oxygen atoms in total. The predicted octanol–water partition coefficient (Wildman–Crippen LogP) is -7.53. The van der Waals surface area contributed by atoms with Gasteiger partial charge in [0.1, 0.15) is 98.9 Å². The maximum atomic E-state index is 14.1. The first-order chi connectivity index (χ1) is 50.2. The fourth-order valence-electron chi connectivity index (χ4n) is 10.6. The number of hydrogen-bond acceptors (Lipinski definition) is 32. The molecule has 3 rings (SSSR count). The Morgan fingerprint density at radius 1 is 0.375 bits per heavy atom. The number of amides is 7. The number of aliphatic hydroxyl groups is 9. The third kappa shape index (κ3) is 39.4. The Balaban J connectivity index is 1.43. The van der Waals surface area contributed by atoms with E-state index < -0.39 is 166 Å². The molecule has 18 N–H and O–H groups in total. The topological polar surface area (TPSA) is 550 Å². The maximum Gasteiger partial charge on any atom is 0.246 e. The molecule has 0 aliphatic carbocycles. The Morgan fingerprint density at radius 2 is 0.702 bits per heavy atom. The summed E-state index contributed by atoms with van der Waals surface area (Å²) in [5.41, 5.74) is 5.89. The minimum absolute atomic E-state index is 0.00401. The van der Waals surface area contributed by atoms with Crippen LogP contribution in [0.25, 0.3) is 0 Å². The average Bonchev–Trinajstić information content (AvgIpc) is 0.813. The number of carbonyl (C=O) groups is 7. The first-order valence-corrected chi connectivity index (χ1v) is 35.8. The lowest BCUT2D eigenvalue weighted by Gasteiger charge is -2.42. The molecule has 0 aromatic heterocycles. The van der Waals surface area contributed by atoms with Crippen LogP contribution in [-0.2, 0) is 105 Å². The Hall–Kier alpha value is -4.71. The molecule has 0 aromatic rings. The molecule has 0 spiro atoms. The van der Waals surface area contributed by atoms with Gasteiger partial charge in [-0.05, 0) is 44.9 Å². The molecule has 104 heavy (non-hydrogen) atoms. The van der Waals surface area contributed by atoms with E-state index in [0.29, 0.717) is 32.2 Å². The lowest BCUT2D eigenvalue weighted by atomic mass is 9.97. The molecule has 0 aromatic carbocycles. The van der Waals surface area contributed by atoms with E-state index in [-0.39, 0.29) is 164 Å². The van der Waals surface area contributed by atoms with Gasteiger partial charge in [0.15, 0.2) is 18.9 Å². The number of carbonyl (C=O) groups excluding carboxylic acids is 7. The Kier molecular flexibility index (Phi) is 51.6. The van der Waals surface area contributed by atoms with Crippen molar-refractivity contribution in [3.05, 3.63) is 0 Å².